The van der Waals surface area contributed by atoms with Crippen LogP contribution in [0.4, 0.5) is 5.69 Å². The zero-order valence-corrected chi connectivity index (χ0v) is 14.5. The molecule has 2 N–H and O–H groups in total. The molecule has 1 aromatic rings. The molecule has 1 rings (SSSR count). The third-order valence-electron chi connectivity index (χ3n) is 3.49. The monoisotopic (exact) mass is 314 g/mol. The summed E-state index contributed by atoms with van der Waals surface area (Å²) in [7, 11) is 4.92. The number of benzene rings is 1. The van der Waals surface area contributed by atoms with Crippen molar-refractivity contribution in [2.45, 2.75) is 19.4 Å². The molecule has 0 aliphatic rings. The minimum absolute atomic E-state index is 0.104. The van der Waals surface area contributed by atoms with E-state index in [1.807, 2.05) is 40.0 Å². The lowest BCUT2D eigenvalue weighted by Crippen LogP contribution is -3.07. The van der Waals surface area contributed by atoms with Crippen LogP contribution in [0.5, 0.6) is 0 Å². The summed E-state index contributed by atoms with van der Waals surface area (Å²) in [6.07, 6.45) is 0.631. The van der Waals surface area contributed by atoms with Gasteiger partial charge in [-0.3, -0.25) is 0 Å². The molecule has 1 aromatic carbocycles. The normalized spacial score (nSPS) is 13.4. The van der Waals surface area contributed by atoms with Crippen LogP contribution >= 0.6 is 0 Å². The molecule has 0 fully saturated rings. The van der Waals surface area contributed by atoms with Gasteiger partial charge in [0.15, 0.2) is 0 Å². The van der Waals surface area contributed by atoms with Crippen molar-refractivity contribution in [3.63, 3.8) is 0 Å². The predicted molar refractivity (Wildman–Crippen MR) is 88.4 cm³/mol. The van der Waals surface area contributed by atoms with E-state index < -0.39 is 10.0 Å². The molecule has 120 valence electrons. The van der Waals surface area contributed by atoms with Crippen LogP contribution < -0.4 is 14.5 Å². The fourth-order valence-corrected chi connectivity index (χ4v) is 3.31. The minimum Gasteiger partial charge on any atom is -0.378 e. The van der Waals surface area contributed by atoms with Gasteiger partial charge >= 0.3 is 0 Å². The number of likely N-dealkylation sites (N-methyl/N-ethyl adjacent to an activating group) is 1. The van der Waals surface area contributed by atoms with Gasteiger partial charge in [0.25, 0.3) is 0 Å². The van der Waals surface area contributed by atoms with Gasteiger partial charge < -0.3 is 9.80 Å². The Balaban J connectivity index is 2.82. The van der Waals surface area contributed by atoms with Gasteiger partial charge in [0.2, 0.25) is 10.0 Å². The highest BCUT2D eigenvalue weighted by atomic mass is 32.2. The molecule has 0 saturated heterocycles. The first-order chi connectivity index (χ1) is 9.76. The summed E-state index contributed by atoms with van der Waals surface area (Å²) < 4.78 is 26.3. The van der Waals surface area contributed by atoms with Crippen LogP contribution in [0.3, 0.4) is 0 Å². The molecule has 5 nitrogen and oxygen atoms in total. The summed E-state index contributed by atoms with van der Waals surface area (Å²) >= 11 is 0. The molecule has 1 atom stereocenters. The van der Waals surface area contributed by atoms with Crippen LogP contribution in [0.15, 0.2) is 24.3 Å². The van der Waals surface area contributed by atoms with E-state index in [0.717, 1.165) is 11.3 Å². The van der Waals surface area contributed by atoms with Gasteiger partial charge in [-0.05, 0) is 18.6 Å². The van der Waals surface area contributed by atoms with Gasteiger partial charge in [0.05, 0.1) is 26.4 Å². The topological polar surface area (TPSA) is 53.9 Å². The first-order valence-electron chi connectivity index (χ1n) is 7.31. The summed E-state index contributed by atoms with van der Waals surface area (Å²) in [6, 6.07) is 8.37. The van der Waals surface area contributed by atoms with Crippen LogP contribution in [0, 0.1) is 0 Å². The summed E-state index contributed by atoms with van der Waals surface area (Å²) in [5.41, 5.74) is 2.28. The second-order valence-electron chi connectivity index (χ2n) is 5.78. The number of anilines is 1. The number of quaternary nitrogens is 1. The smallest absolute Gasteiger partial charge is 0.211 e. The summed E-state index contributed by atoms with van der Waals surface area (Å²) in [4.78, 5) is 3.25. The maximum atomic E-state index is 11.8. The van der Waals surface area contributed by atoms with Crippen molar-refractivity contribution in [1.82, 2.24) is 4.72 Å². The molecule has 0 aliphatic carbocycles. The van der Waals surface area contributed by atoms with Crippen molar-refractivity contribution in [1.29, 1.82) is 0 Å². The van der Waals surface area contributed by atoms with Gasteiger partial charge in [0.1, 0.15) is 6.04 Å². The van der Waals surface area contributed by atoms with Crippen molar-refractivity contribution < 1.29 is 13.3 Å². The molecule has 0 radical (unpaired) electrons. The molecule has 0 heterocycles. The number of sulfonamides is 1. The van der Waals surface area contributed by atoms with Crippen LogP contribution in [-0.4, -0.2) is 48.9 Å². The molecular formula is C15H28N3O2S+. The maximum absolute atomic E-state index is 11.8. The number of rotatable bonds is 8. The number of nitrogens with zero attached hydrogens (tertiary/aromatic N) is 1. The van der Waals surface area contributed by atoms with Gasteiger partial charge in [-0.1, -0.05) is 19.1 Å². The van der Waals surface area contributed by atoms with E-state index in [9.17, 15) is 8.42 Å². The first-order valence-corrected chi connectivity index (χ1v) is 8.96. The van der Waals surface area contributed by atoms with E-state index in [-0.39, 0.29) is 11.8 Å². The fourth-order valence-electron chi connectivity index (χ4n) is 2.21. The Labute approximate surface area is 129 Å². The zero-order valence-electron chi connectivity index (χ0n) is 13.7. The standard InChI is InChI=1S/C15H27N3O2S/c1-6-11-21(19,20)16-12-15(18(4)5)13-7-9-14(10-8-13)17(2)3/h7-10,15-16H,6,11-12H2,1-5H3/p+1/t15-/m1/s1. The van der Waals surface area contributed by atoms with Crippen molar-refractivity contribution >= 4 is 15.7 Å². The van der Waals surface area contributed by atoms with Crippen molar-refractivity contribution in [2.24, 2.45) is 0 Å². The lowest BCUT2D eigenvalue weighted by molar-refractivity contribution is -0.890. The molecule has 0 bridgehead atoms. The average molecular weight is 314 g/mol. The van der Waals surface area contributed by atoms with Gasteiger partial charge in [-0.2, -0.15) is 0 Å². The maximum Gasteiger partial charge on any atom is 0.211 e. The number of hydrogen-bond acceptors (Lipinski definition) is 3. The molecule has 0 saturated carbocycles. The minimum atomic E-state index is -3.16. The average Bonchev–Trinajstić information content (AvgIpc) is 2.38. The van der Waals surface area contributed by atoms with E-state index in [0.29, 0.717) is 13.0 Å². The summed E-state index contributed by atoms with van der Waals surface area (Å²) in [6.45, 7) is 2.29. The third kappa shape index (κ3) is 5.65. The molecular weight excluding hydrogens is 286 g/mol. The molecule has 0 aromatic heterocycles. The molecule has 0 spiro atoms. The molecule has 6 heteroatoms. The molecule has 0 unspecified atom stereocenters. The second kappa shape index (κ2) is 7.77. The van der Waals surface area contributed by atoms with Gasteiger partial charge in [-0.15, -0.1) is 0 Å². The Bertz CT molecular complexity index is 524. The highest BCUT2D eigenvalue weighted by molar-refractivity contribution is 7.89. The van der Waals surface area contributed by atoms with Crippen LogP contribution in [-0.2, 0) is 10.0 Å². The first kappa shape index (κ1) is 17.9. The Hall–Kier alpha value is -1.11. The Morgan fingerprint density at radius 1 is 1.19 bits per heavy atom. The Morgan fingerprint density at radius 3 is 2.19 bits per heavy atom. The number of nitrogens with one attached hydrogen (secondary N) is 2. The highest BCUT2D eigenvalue weighted by Gasteiger charge is 2.20. The van der Waals surface area contributed by atoms with E-state index in [1.165, 1.54) is 4.90 Å². The van der Waals surface area contributed by atoms with Crippen LogP contribution in [0.25, 0.3) is 0 Å². The summed E-state index contributed by atoms with van der Waals surface area (Å²) in [5, 5.41) is 0. The largest absolute Gasteiger partial charge is 0.378 e. The Kier molecular flexibility index (Phi) is 6.64. The SMILES string of the molecule is CCCS(=O)(=O)NC[C@H](c1ccc(N(C)C)cc1)[NH+](C)C. The van der Waals surface area contributed by atoms with E-state index in [4.69, 9.17) is 0 Å². The highest BCUT2D eigenvalue weighted by Crippen LogP contribution is 2.16. The quantitative estimate of drug-likeness (QED) is 0.724. The van der Waals surface area contributed by atoms with E-state index in [1.54, 1.807) is 0 Å². The Morgan fingerprint density at radius 2 is 1.76 bits per heavy atom. The number of hydrogen-bond donors (Lipinski definition) is 2. The third-order valence-corrected chi connectivity index (χ3v) is 5.04. The van der Waals surface area contributed by atoms with Crippen molar-refractivity contribution in [2.75, 3.05) is 45.4 Å². The second-order valence-corrected chi connectivity index (χ2v) is 7.71. The van der Waals surface area contributed by atoms with Gasteiger partial charge in [0, 0.05) is 25.3 Å². The van der Waals surface area contributed by atoms with Crippen LogP contribution in [0.2, 0.25) is 0 Å². The van der Waals surface area contributed by atoms with Crippen molar-refractivity contribution in [3.05, 3.63) is 29.8 Å². The zero-order chi connectivity index (χ0) is 16.0. The fraction of sp³-hybridized carbons (Fsp3) is 0.600. The van der Waals surface area contributed by atoms with Crippen LogP contribution in [0.1, 0.15) is 24.9 Å². The lowest BCUT2D eigenvalue weighted by atomic mass is 10.1. The van der Waals surface area contributed by atoms with E-state index >= 15 is 0 Å². The van der Waals surface area contributed by atoms with Gasteiger partial charge in [-0.25, -0.2) is 13.1 Å². The predicted octanol–water partition coefficient (Wildman–Crippen LogP) is 0.268. The molecule has 21 heavy (non-hydrogen) atoms. The lowest BCUT2D eigenvalue weighted by Gasteiger charge is -2.23. The molecule has 0 amide bonds. The van der Waals surface area contributed by atoms with Crippen molar-refractivity contribution in [3.8, 4) is 0 Å². The molecule has 0 aliphatic heterocycles. The summed E-state index contributed by atoms with van der Waals surface area (Å²) in [5.74, 6) is 0.183. The van der Waals surface area contributed by atoms with E-state index in [2.05, 4.69) is 29.0 Å².